The van der Waals surface area contributed by atoms with Crippen LogP contribution in [-0.2, 0) is 13.0 Å². The number of rotatable bonds is 2. The summed E-state index contributed by atoms with van der Waals surface area (Å²) in [5, 5.41) is 0. The van der Waals surface area contributed by atoms with Crippen LogP contribution >= 0.6 is 0 Å². The Balaban J connectivity index is 1.64. The third-order valence-corrected chi connectivity index (χ3v) is 5.92. The molecule has 0 atom stereocenters. The van der Waals surface area contributed by atoms with Gasteiger partial charge in [-0.25, -0.2) is 9.98 Å². The van der Waals surface area contributed by atoms with Gasteiger partial charge < -0.3 is 15.5 Å². The lowest BCUT2D eigenvalue weighted by Gasteiger charge is -2.32. The predicted molar refractivity (Wildman–Crippen MR) is 114 cm³/mol. The van der Waals surface area contributed by atoms with E-state index < -0.39 is 0 Å². The maximum atomic E-state index is 6.04. The highest BCUT2D eigenvalue weighted by molar-refractivity contribution is 6.26. The molecule has 2 heterocycles. The molecule has 2 N–H and O–H groups in total. The first-order valence-corrected chi connectivity index (χ1v) is 9.95. The number of allylic oxidation sites excluding steroid dienone is 2. The molecule has 0 radical (unpaired) electrons. The molecule has 5 nitrogen and oxygen atoms in total. The summed E-state index contributed by atoms with van der Waals surface area (Å²) in [5.74, 6) is 0.859. The van der Waals surface area contributed by atoms with Crippen LogP contribution < -0.4 is 5.73 Å². The molecule has 2 aromatic carbocycles. The van der Waals surface area contributed by atoms with Gasteiger partial charge in [-0.1, -0.05) is 48.5 Å². The summed E-state index contributed by atoms with van der Waals surface area (Å²) in [4.78, 5) is 14.7. The van der Waals surface area contributed by atoms with Crippen molar-refractivity contribution in [3.05, 3.63) is 76.5 Å². The van der Waals surface area contributed by atoms with Crippen molar-refractivity contribution >= 4 is 17.2 Å². The number of fused-ring (bicyclic) bond motifs is 3. The summed E-state index contributed by atoms with van der Waals surface area (Å²) >= 11 is 0. The van der Waals surface area contributed by atoms with Gasteiger partial charge in [0.2, 0.25) is 5.96 Å². The Labute approximate surface area is 165 Å². The van der Waals surface area contributed by atoms with Crippen LogP contribution in [0.3, 0.4) is 0 Å². The largest absolute Gasteiger partial charge is 0.338 e. The van der Waals surface area contributed by atoms with Gasteiger partial charge >= 0.3 is 0 Å². The molecule has 5 rings (SSSR count). The van der Waals surface area contributed by atoms with Gasteiger partial charge in [0.05, 0.1) is 5.70 Å². The van der Waals surface area contributed by atoms with Crippen molar-refractivity contribution < 1.29 is 0 Å². The molecule has 0 unspecified atom stereocenters. The van der Waals surface area contributed by atoms with Crippen LogP contribution in [0.2, 0.25) is 0 Å². The van der Waals surface area contributed by atoms with E-state index in [-0.39, 0.29) is 0 Å². The number of hydrogen-bond acceptors (Lipinski definition) is 5. The molecule has 0 aromatic heterocycles. The lowest BCUT2D eigenvalue weighted by atomic mass is 9.83. The van der Waals surface area contributed by atoms with E-state index in [4.69, 9.17) is 15.7 Å². The highest BCUT2D eigenvalue weighted by atomic mass is 15.3. The van der Waals surface area contributed by atoms with E-state index in [1.165, 1.54) is 22.3 Å². The summed E-state index contributed by atoms with van der Waals surface area (Å²) in [6, 6.07) is 17.0. The van der Waals surface area contributed by atoms with Crippen LogP contribution in [0.25, 0.3) is 5.57 Å². The van der Waals surface area contributed by atoms with Gasteiger partial charge in [0.1, 0.15) is 5.71 Å². The molecule has 1 saturated heterocycles. The minimum absolute atomic E-state index is 0.524. The number of nitrogens with two attached hydrogens (primary N) is 1. The third kappa shape index (κ3) is 2.87. The average Bonchev–Trinajstić information content (AvgIpc) is 3.19. The number of aliphatic imine (C=N–C) groups is 2. The van der Waals surface area contributed by atoms with Crippen molar-refractivity contribution in [3.8, 4) is 0 Å². The van der Waals surface area contributed by atoms with Crippen LogP contribution in [0.5, 0.6) is 0 Å². The topological polar surface area (TPSA) is 57.2 Å². The highest BCUT2D eigenvalue weighted by Crippen LogP contribution is 2.37. The normalized spacial score (nSPS) is 19.3. The molecule has 0 amide bonds. The monoisotopic (exact) mass is 371 g/mol. The molecule has 28 heavy (non-hydrogen) atoms. The van der Waals surface area contributed by atoms with Gasteiger partial charge in [-0.3, -0.25) is 0 Å². The van der Waals surface area contributed by atoms with E-state index in [0.29, 0.717) is 6.54 Å². The molecule has 5 heteroatoms. The minimum atomic E-state index is 0.524. The molecule has 142 valence electrons. The first-order valence-electron chi connectivity index (χ1n) is 9.95. The predicted octanol–water partition coefficient (Wildman–Crippen LogP) is 2.52. The molecule has 3 aliphatic rings. The first-order chi connectivity index (χ1) is 13.7. The Bertz CT molecular complexity index is 1010. The van der Waals surface area contributed by atoms with Gasteiger partial charge in [0.25, 0.3) is 0 Å². The Kier molecular flexibility index (Phi) is 4.34. The number of piperazine rings is 1. The second-order valence-corrected chi connectivity index (χ2v) is 7.68. The number of hydrogen-bond donors (Lipinski definition) is 1. The Morgan fingerprint density at radius 2 is 1.61 bits per heavy atom. The molecular weight excluding hydrogens is 346 g/mol. The van der Waals surface area contributed by atoms with E-state index >= 15 is 0 Å². The maximum Gasteiger partial charge on any atom is 0.226 e. The van der Waals surface area contributed by atoms with E-state index in [1.54, 1.807) is 0 Å². The Morgan fingerprint density at radius 3 is 2.39 bits per heavy atom. The fourth-order valence-corrected chi connectivity index (χ4v) is 4.27. The summed E-state index contributed by atoms with van der Waals surface area (Å²) in [6.45, 7) is 4.55. The zero-order chi connectivity index (χ0) is 19.1. The molecule has 0 spiro atoms. The second-order valence-electron chi connectivity index (χ2n) is 7.68. The summed E-state index contributed by atoms with van der Waals surface area (Å²) in [5.41, 5.74) is 14.2. The molecule has 1 aliphatic carbocycles. The standard InChI is InChI=1S/C23H25N5/c1-27-10-12-28(13-11-27)23-25-21-19-9-5-2-6-16(19)14-20(22(21)26-23)18-8-4-3-7-17(18)15-24/h2-9H,10-15,24H2,1H3. The van der Waals surface area contributed by atoms with Crippen molar-refractivity contribution in [2.45, 2.75) is 13.0 Å². The molecular formula is C23H25N5. The van der Waals surface area contributed by atoms with E-state index in [9.17, 15) is 0 Å². The van der Waals surface area contributed by atoms with Crippen molar-refractivity contribution in [1.29, 1.82) is 0 Å². The highest BCUT2D eigenvalue weighted by Gasteiger charge is 2.31. The Morgan fingerprint density at radius 1 is 0.893 bits per heavy atom. The third-order valence-electron chi connectivity index (χ3n) is 5.92. The molecule has 0 bridgehead atoms. The van der Waals surface area contributed by atoms with Crippen molar-refractivity contribution in [2.24, 2.45) is 15.7 Å². The zero-order valence-electron chi connectivity index (χ0n) is 16.2. The summed E-state index contributed by atoms with van der Waals surface area (Å²) < 4.78 is 0. The lowest BCUT2D eigenvalue weighted by molar-refractivity contribution is 0.214. The van der Waals surface area contributed by atoms with E-state index in [0.717, 1.165) is 55.5 Å². The van der Waals surface area contributed by atoms with Crippen molar-refractivity contribution in [2.75, 3.05) is 33.2 Å². The molecule has 1 fully saturated rings. The van der Waals surface area contributed by atoms with Crippen molar-refractivity contribution in [1.82, 2.24) is 9.80 Å². The van der Waals surface area contributed by atoms with Crippen LogP contribution in [0.4, 0.5) is 0 Å². The molecule has 2 aromatic rings. The minimum Gasteiger partial charge on any atom is -0.338 e. The van der Waals surface area contributed by atoms with Gasteiger partial charge in [0.15, 0.2) is 0 Å². The quantitative estimate of drug-likeness (QED) is 0.883. The SMILES string of the molecule is CN1CCN(C2=NC3=C(c4ccccc4CN)Cc4ccccc4C3=N2)CC1. The summed E-state index contributed by atoms with van der Waals surface area (Å²) in [6.07, 6.45) is 0.862. The van der Waals surface area contributed by atoms with Gasteiger partial charge in [-0.05, 0) is 29.3 Å². The smallest absolute Gasteiger partial charge is 0.226 e. The maximum absolute atomic E-state index is 6.04. The van der Waals surface area contributed by atoms with Crippen LogP contribution in [0.1, 0.15) is 22.3 Å². The van der Waals surface area contributed by atoms with Crippen LogP contribution in [0.15, 0.2) is 64.2 Å². The first kappa shape index (κ1) is 17.3. The number of nitrogens with zero attached hydrogens (tertiary/aromatic N) is 4. The lowest BCUT2D eigenvalue weighted by Crippen LogP contribution is -2.46. The Hall–Kier alpha value is -2.76. The fourth-order valence-electron chi connectivity index (χ4n) is 4.27. The number of benzene rings is 2. The summed E-state index contributed by atoms with van der Waals surface area (Å²) in [7, 11) is 2.17. The van der Waals surface area contributed by atoms with E-state index in [1.807, 2.05) is 0 Å². The van der Waals surface area contributed by atoms with Gasteiger partial charge in [-0.2, -0.15) is 0 Å². The molecule has 0 saturated carbocycles. The number of likely N-dealkylation sites (N-methyl/N-ethyl adjacent to an activating group) is 1. The average molecular weight is 371 g/mol. The molecule has 2 aliphatic heterocycles. The number of guanidine groups is 1. The van der Waals surface area contributed by atoms with Crippen molar-refractivity contribution in [3.63, 3.8) is 0 Å². The van der Waals surface area contributed by atoms with Crippen LogP contribution in [0, 0.1) is 0 Å². The van der Waals surface area contributed by atoms with E-state index in [2.05, 4.69) is 65.4 Å². The van der Waals surface area contributed by atoms with Crippen LogP contribution in [-0.4, -0.2) is 54.7 Å². The van der Waals surface area contributed by atoms with Gasteiger partial charge in [0, 0.05) is 44.7 Å². The fraction of sp³-hybridized carbons (Fsp3) is 0.304. The second kappa shape index (κ2) is 7.00. The zero-order valence-corrected chi connectivity index (χ0v) is 16.2. The van der Waals surface area contributed by atoms with Gasteiger partial charge in [-0.15, -0.1) is 0 Å².